The van der Waals surface area contributed by atoms with Crippen molar-refractivity contribution in [2.75, 3.05) is 6.16 Å². The summed E-state index contributed by atoms with van der Waals surface area (Å²) in [5.41, 5.74) is 6.74. The van der Waals surface area contributed by atoms with Crippen LogP contribution in [-0.2, 0) is 11.6 Å². The smallest absolute Gasteiger partial charge is 0.0774 e. The van der Waals surface area contributed by atoms with E-state index >= 15 is 0 Å². The fraction of sp³-hybridized carbons (Fsp3) is 0.526. The van der Waals surface area contributed by atoms with Gasteiger partial charge in [-0.05, 0) is 117 Å². The summed E-state index contributed by atoms with van der Waals surface area (Å²) >= 11 is 0. The van der Waals surface area contributed by atoms with Crippen LogP contribution in [0.25, 0.3) is 0 Å². The molecule has 224 valence electrons. The Kier molecular flexibility index (Phi) is 8.40. The van der Waals surface area contributed by atoms with E-state index in [2.05, 4.69) is 123 Å². The molecule has 7 rings (SSSR count). The lowest BCUT2D eigenvalue weighted by atomic mass is 9.44. The molecule has 0 aliphatic heterocycles. The first-order valence-electron chi connectivity index (χ1n) is 16.6. The molecule has 1 atom stereocenters. The van der Waals surface area contributed by atoms with Gasteiger partial charge in [0.2, 0.25) is 0 Å². The zero-order valence-electron chi connectivity index (χ0n) is 27.6. The van der Waals surface area contributed by atoms with Gasteiger partial charge >= 0.3 is 0 Å². The van der Waals surface area contributed by atoms with Crippen LogP contribution < -0.4 is 21.0 Å². The Balaban J connectivity index is 1.61. The van der Waals surface area contributed by atoms with E-state index < -0.39 is 24.1 Å². The Morgan fingerprint density at radius 3 is 1.57 bits per heavy atom. The molecule has 3 aromatic carbocycles. The predicted octanol–water partition coefficient (Wildman–Crippen LogP) is 8.60. The van der Waals surface area contributed by atoms with Crippen LogP contribution in [0, 0.1) is 37.5 Å². The average molecular weight is 629 g/mol. The summed E-state index contributed by atoms with van der Waals surface area (Å²) in [4.78, 5) is 0. The van der Waals surface area contributed by atoms with Crippen molar-refractivity contribution in [1.82, 2.24) is 0 Å². The van der Waals surface area contributed by atoms with Crippen molar-refractivity contribution < 1.29 is 0 Å². The molecule has 0 aromatic heterocycles. The van der Waals surface area contributed by atoms with Crippen LogP contribution in [0.4, 0.5) is 0 Å². The summed E-state index contributed by atoms with van der Waals surface area (Å²) in [6.45, 7) is 20.3. The molecule has 0 spiro atoms. The molecule has 4 bridgehead atoms. The molecular weight excluding hydrogens is 575 g/mol. The van der Waals surface area contributed by atoms with Crippen LogP contribution in [0.5, 0.6) is 0 Å². The maximum absolute atomic E-state index is 3.32. The van der Waals surface area contributed by atoms with Gasteiger partial charge in [0.05, 0.1) is 16.1 Å². The van der Waals surface area contributed by atoms with Gasteiger partial charge in [0.1, 0.15) is 0 Å². The van der Waals surface area contributed by atoms with E-state index in [1.54, 1.807) is 32.1 Å². The Morgan fingerprint density at radius 2 is 1.14 bits per heavy atom. The molecule has 3 aromatic rings. The standard InChI is InChI=1S/C38H54P2Si2/c1-26-13-9-11-15-34(26)40(35-16-12-10-14-27(35)2)24-30-22-36(41(3,4)5)37(42(6,7)8)23-33(30)38(25-39)31-18-28-17-29(20-31)21-32(38)19-28/h9-16,22-23,28-29,31-32H,17-21,24-25,39H2,1-8H3. The normalized spacial score (nSPS) is 27.2. The molecule has 0 saturated heterocycles. The van der Waals surface area contributed by atoms with Crippen molar-refractivity contribution in [2.45, 2.75) is 96.8 Å². The van der Waals surface area contributed by atoms with E-state index in [-0.39, 0.29) is 0 Å². The highest BCUT2D eigenvalue weighted by molar-refractivity contribution is 7.72. The molecule has 0 N–H and O–H groups in total. The predicted molar refractivity (Wildman–Crippen MR) is 198 cm³/mol. The second-order valence-corrected chi connectivity index (χ2v) is 28.9. The lowest BCUT2D eigenvalue weighted by Crippen LogP contribution is -2.60. The van der Waals surface area contributed by atoms with Crippen molar-refractivity contribution >= 4 is 54.3 Å². The Hall–Kier alpha value is -1.05. The van der Waals surface area contributed by atoms with Gasteiger partial charge in [-0.15, -0.1) is 9.24 Å². The van der Waals surface area contributed by atoms with Crippen LogP contribution in [-0.4, -0.2) is 22.3 Å². The van der Waals surface area contributed by atoms with Gasteiger partial charge < -0.3 is 0 Å². The topological polar surface area (TPSA) is 0 Å². The lowest BCUT2D eigenvalue weighted by Gasteiger charge is -2.62. The van der Waals surface area contributed by atoms with Crippen LogP contribution >= 0.6 is 17.2 Å². The number of benzene rings is 3. The zero-order chi connectivity index (χ0) is 30.0. The highest BCUT2D eigenvalue weighted by atomic mass is 31.1. The molecule has 42 heavy (non-hydrogen) atoms. The molecule has 4 aliphatic rings. The minimum Gasteiger partial charge on any atom is -0.137 e. The minimum absolute atomic E-state index is 0.332. The molecule has 1 unspecified atom stereocenters. The van der Waals surface area contributed by atoms with Crippen molar-refractivity contribution in [2.24, 2.45) is 23.7 Å². The number of aryl methyl sites for hydroxylation is 2. The molecule has 4 heteroatoms. The Labute approximate surface area is 262 Å². The van der Waals surface area contributed by atoms with Gasteiger partial charge in [0.25, 0.3) is 0 Å². The number of hydrogen-bond acceptors (Lipinski definition) is 0. The maximum atomic E-state index is 3.32. The monoisotopic (exact) mass is 628 g/mol. The highest BCUT2D eigenvalue weighted by Gasteiger charge is 2.57. The third-order valence-electron chi connectivity index (χ3n) is 11.4. The molecule has 4 aliphatic carbocycles. The molecule has 0 radical (unpaired) electrons. The molecule has 0 amide bonds. The van der Waals surface area contributed by atoms with Gasteiger partial charge in [-0.2, -0.15) is 0 Å². The fourth-order valence-corrected chi connectivity index (χ4v) is 18.4. The molecule has 0 nitrogen and oxygen atoms in total. The highest BCUT2D eigenvalue weighted by Crippen LogP contribution is 2.64. The zero-order valence-corrected chi connectivity index (χ0v) is 31.6. The van der Waals surface area contributed by atoms with Crippen molar-refractivity contribution in [3.63, 3.8) is 0 Å². The molecular formula is C38H54P2Si2. The third-order valence-corrected chi connectivity index (χ3v) is 19.2. The fourth-order valence-electron chi connectivity index (χ4n) is 9.56. The third kappa shape index (κ3) is 5.40. The van der Waals surface area contributed by atoms with E-state index in [0.29, 0.717) is 5.41 Å². The Morgan fingerprint density at radius 1 is 0.690 bits per heavy atom. The van der Waals surface area contributed by atoms with Crippen LogP contribution in [0.1, 0.15) is 54.4 Å². The number of hydrogen-bond donors (Lipinski definition) is 0. The first-order valence-corrected chi connectivity index (χ1v) is 25.9. The van der Waals surface area contributed by atoms with Gasteiger partial charge in [0, 0.05) is 11.6 Å². The van der Waals surface area contributed by atoms with E-state index in [0.717, 1.165) is 23.7 Å². The van der Waals surface area contributed by atoms with Gasteiger partial charge in [-0.1, -0.05) is 110 Å². The lowest BCUT2D eigenvalue weighted by molar-refractivity contribution is -0.0502. The van der Waals surface area contributed by atoms with Gasteiger partial charge in [0.15, 0.2) is 0 Å². The molecule has 4 saturated carbocycles. The molecule has 4 fully saturated rings. The van der Waals surface area contributed by atoms with Gasteiger partial charge in [-0.3, -0.25) is 0 Å². The van der Waals surface area contributed by atoms with E-state index in [1.165, 1.54) is 55.6 Å². The number of rotatable bonds is 8. The van der Waals surface area contributed by atoms with Crippen LogP contribution in [0.3, 0.4) is 0 Å². The largest absolute Gasteiger partial charge is 0.137 e. The van der Waals surface area contributed by atoms with Crippen molar-refractivity contribution in [3.8, 4) is 0 Å². The van der Waals surface area contributed by atoms with Crippen molar-refractivity contribution in [1.29, 1.82) is 0 Å². The first kappa shape index (κ1) is 31.0. The summed E-state index contributed by atoms with van der Waals surface area (Å²) in [6.07, 6.45) is 9.83. The maximum Gasteiger partial charge on any atom is 0.0774 e. The average Bonchev–Trinajstić information content (AvgIpc) is 2.92. The van der Waals surface area contributed by atoms with E-state index in [1.807, 2.05) is 0 Å². The Bertz CT molecular complexity index is 1390. The van der Waals surface area contributed by atoms with Gasteiger partial charge in [-0.25, -0.2) is 0 Å². The SMILES string of the molecule is Cc1ccccc1P(Cc1cc([Si](C)(C)C)c([Si](C)(C)C)cc1C1(CP)C2CC3CC(C2)CC1C3)c1ccccc1C. The van der Waals surface area contributed by atoms with E-state index in [4.69, 9.17) is 0 Å². The summed E-state index contributed by atoms with van der Waals surface area (Å²) in [5, 5.41) is 6.68. The quantitative estimate of drug-likeness (QED) is 0.173. The molecule has 0 heterocycles. The second kappa shape index (κ2) is 11.4. The van der Waals surface area contributed by atoms with Crippen LogP contribution in [0.15, 0.2) is 60.7 Å². The van der Waals surface area contributed by atoms with Crippen LogP contribution in [0.2, 0.25) is 39.3 Å². The minimum atomic E-state index is -1.55. The van der Waals surface area contributed by atoms with Crippen molar-refractivity contribution in [3.05, 3.63) is 82.9 Å². The summed E-state index contributed by atoms with van der Waals surface area (Å²) < 4.78 is 0. The summed E-state index contributed by atoms with van der Waals surface area (Å²) in [6, 6.07) is 24.3. The summed E-state index contributed by atoms with van der Waals surface area (Å²) in [5.74, 6) is 3.71. The van der Waals surface area contributed by atoms with E-state index in [9.17, 15) is 0 Å². The second-order valence-electron chi connectivity index (χ2n) is 16.3. The first-order chi connectivity index (χ1) is 19.8. The summed E-state index contributed by atoms with van der Waals surface area (Å²) in [7, 11) is -0.289.